The first-order chi connectivity index (χ1) is 16.5. The molecule has 2 aliphatic heterocycles. The maximum absolute atomic E-state index is 13.7. The van der Waals surface area contributed by atoms with Gasteiger partial charge in [-0.3, -0.25) is 14.5 Å². The molecule has 0 spiro atoms. The number of carbonyl (C=O) groups is 1. The average Bonchev–Trinajstić information content (AvgIpc) is 3.17. The van der Waals surface area contributed by atoms with Crippen molar-refractivity contribution in [3.8, 4) is 0 Å². The molecule has 3 N–H and O–H groups in total. The molecule has 0 unspecified atom stereocenters. The van der Waals surface area contributed by atoms with E-state index in [1.165, 1.54) is 30.0 Å². The van der Waals surface area contributed by atoms with Crippen LogP contribution < -0.4 is 16.2 Å². The fraction of sp³-hybridized carbons (Fsp3) is 0.391. The van der Waals surface area contributed by atoms with E-state index in [9.17, 15) is 19.1 Å². The highest BCUT2D eigenvalue weighted by Gasteiger charge is 2.30. The molecule has 9 nitrogen and oxygen atoms in total. The van der Waals surface area contributed by atoms with Crippen LogP contribution in [0, 0.1) is 11.7 Å². The molecule has 11 heteroatoms. The molecule has 0 aliphatic carbocycles. The van der Waals surface area contributed by atoms with Gasteiger partial charge in [0.2, 0.25) is 5.91 Å². The molecule has 3 aromatic rings. The molecule has 1 fully saturated rings. The van der Waals surface area contributed by atoms with E-state index in [0.717, 1.165) is 10.4 Å². The highest BCUT2D eigenvalue weighted by molar-refractivity contribution is 8.00. The summed E-state index contributed by atoms with van der Waals surface area (Å²) < 4.78 is 15.3. The second kappa shape index (κ2) is 9.79. The van der Waals surface area contributed by atoms with Crippen LogP contribution in [-0.4, -0.2) is 68.7 Å². The van der Waals surface area contributed by atoms with Crippen molar-refractivity contribution in [2.45, 2.75) is 24.2 Å². The summed E-state index contributed by atoms with van der Waals surface area (Å²) in [6, 6.07) is 9.46. The number of aliphatic hydroxyl groups is 1. The second-order valence-electron chi connectivity index (χ2n) is 8.64. The van der Waals surface area contributed by atoms with E-state index in [1.807, 2.05) is 6.07 Å². The minimum absolute atomic E-state index is 0.0301. The van der Waals surface area contributed by atoms with Crippen LogP contribution in [0.25, 0.3) is 10.9 Å². The van der Waals surface area contributed by atoms with E-state index in [2.05, 4.69) is 25.7 Å². The third kappa shape index (κ3) is 4.97. The largest absolute Gasteiger partial charge is 0.391 e. The monoisotopic (exact) mass is 484 g/mol. The summed E-state index contributed by atoms with van der Waals surface area (Å²) in [6.07, 6.45) is -0.487. The molecule has 2 aliphatic rings. The third-order valence-corrected chi connectivity index (χ3v) is 7.20. The van der Waals surface area contributed by atoms with Gasteiger partial charge >= 0.3 is 0 Å². The summed E-state index contributed by atoms with van der Waals surface area (Å²) in [5, 5.41) is 26.6. The van der Waals surface area contributed by atoms with Crippen molar-refractivity contribution in [1.29, 1.82) is 0 Å². The zero-order chi connectivity index (χ0) is 23.7. The molecule has 2 atom stereocenters. The number of benzene rings is 1. The number of pyridine rings is 1. The van der Waals surface area contributed by atoms with Crippen LogP contribution in [-0.2, 0) is 17.9 Å². The van der Waals surface area contributed by atoms with Crippen molar-refractivity contribution in [1.82, 2.24) is 25.0 Å². The van der Waals surface area contributed by atoms with Crippen molar-refractivity contribution < 1.29 is 14.3 Å². The Morgan fingerprint density at radius 3 is 2.88 bits per heavy atom. The maximum atomic E-state index is 13.7. The van der Waals surface area contributed by atoms with Crippen LogP contribution in [0.4, 0.5) is 10.1 Å². The minimum atomic E-state index is -0.487. The Bertz CT molecular complexity index is 1290. The van der Waals surface area contributed by atoms with Gasteiger partial charge in [0.15, 0.2) is 0 Å². The lowest BCUT2D eigenvalue weighted by Gasteiger charge is -2.18. The summed E-state index contributed by atoms with van der Waals surface area (Å²) in [5.74, 6) is -0.0437. The van der Waals surface area contributed by atoms with Gasteiger partial charge in [-0.05, 0) is 35.7 Å². The Morgan fingerprint density at radius 2 is 2.00 bits per heavy atom. The number of amides is 1. The van der Waals surface area contributed by atoms with Gasteiger partial charge in [-0.25, -0.2) is 4.39 Å². The number of rotatable bonds is 7. The molecular weight excluding hydrogens is 459 g/mol. The average molecular weight is 485 g/mol. The minimum Gasteiger partial charge on any atom is -0.391 e. The SMILES string of the molecule is O=C1CSc2nnc(CNC[C@H]3CN(CCn4c(=O)ccc5ccc(F)cc54)C[C@H]3O)cc2N1. The van der Waals surface area contributed by atoms with E-state index in [4.69, 9.17) is 0 Å². The number of anilines is 1. The molecule has 0 bridgehead atoms. The number of carbonyl (C=O) groups excluding carboxylic acids is 1. The van der Waals surface area contributed by atoms with Gasteiger partial charge < -0.3 is 20.3 Å². The predicted molar refractivity (Wildman–Crippen MR) is 127 cm³/mol. The predicted octanol–water partition coefficient (Wildman–Crippen LogP) is 1.06. The quantitative estimate of drug-likeness (QED) is 0.457. The Balaban J connectivity index is 1.15. The van der Waals surface area contributed by atoms with Crippen molar-refractivity contribution in [2.75, 3.05) is 37.2 Å². The Labute approximate surface area is 199 Å². The zero-order valence-electron chi connectivity index (χ0n) is 18.4. The third-order valence-electron chi connectivity index (χ3n) is 6.21. The van der Waals surface area contributed by atoms with E-state index in [-0.39, 0.29) is 23.2 Å². The summed E-state index contributed by atoms with van der Waals surface area (Å²) in [6.45, 7) is 3.27. The van der Waals surface area contributed by atoms with Crippen molar-refractivity contribution >= 4 is 34.3 Å². The molecule has 1 saturated heterocycles. The number of nitrogens with one attached hydrogen (secondary N) is 2. The number of likely N-dealkylation sites (tertiary alicyclic amines) is 1. The Morgan fingerprint density at radius 1 is 1.15 bits per heavy atom. The zero-order valence-corrected chi connectivity index (χ0v) is 19.2. The van der Waals surface area contributed by atoms with Crippen LogP contribution >= 0.6 is 11.8 Å². The normalized spacial score (nSPS) is 20.5. The van der Waals surface area contributed by atoms with Crippen LogP contribution in [0.2, 0.25) is 0 Å². The van der Waals surface area contributed by atoms with Crippen LogP contribution in [0.5, 0.6) is 0 Å². The number of aliphatic hydroxyl groups excluding tert-OH is 1. The second-order valence-corrected chi connectivity index (χ2v) is 9.60. The fourth-order valence-corrected chi connectivity index (χ4v) is 5.17. The topological polar surface area (TPSA) is 112 Å². The standard InChI is InChI=1S/C23H25FN6O3S/c24-16-3-1-14-2-4-22(33)30(19(14)7-16)6-5-29-11-15(20(31)12-29)9-25-10-17-8-18-23(28-27-17)34-13-21(32)26-18/h1-4,7-8,15,20,25,31H,5-6,9-13H2,(H,26,32)/t15-,20+/m0/s1. The molecule has 4 heterocycles. The fourth-order valence-electron chi connectivity index (χ4n) is 4.47. The van der Waals surface area contributed by atoms with Crippen molar-refractivity contribution in [3.63, 3.8) is 0 Å². The number of hydrogen-bond donors (Lipinski definition) is 3. The summed E-state index contributed by atoms with van der Waals surface area (Å²) in [5.41, 5.74) is 1.81. The number of aromatic nitrogens is 3. The number of β-amino-alcohol motifs (C(OH)–C–C–N with tert-alkyl or cyclic N) is 1. The number of halogens is 1. The number of nitrogens with zero attached hydrogens (tertiary/aromatic N) is 4. The van der Waals surface area contributed by atoms with Gasteiger partial charge in [0.1, 0.15) is 10.8 Å². The molecule has 1 amide bonds. The van der Waals surface area contributed by atoms with E-state index in [1.54, 1.807) is 16.7 Å². The molecule has 0 saturated carbocycles. The Hall–Kier alpha value is -2.86. The summed E-state index contributed by atoms with van der Waals surface area (Å²) in [4.78, 5) is 26.1. The van der Waals surface area contributed by atoms with Crippen molar-refractivity contribution in [2.24, 2.45) is 5.92 Å². The lowest BCUT2D eigenvalue weighted by atomic mass is 10.1. The lowest BCUT2D eigenvalue weighted by Crippen LogP contribution is -2.31. The molecule has 178 valence electrons. The van der Waals surface area contributed by atoms with Crippen LogP contribution in [0.1, 0.15) is 5.69 Å². The van der Waals surface area contributed by atoms with E-state index < -0.39 is 6.10 Å². The van der Waals surface area contributed by atoms with Gasteiger partial charge in [-0.1, -0.05) is 11.8 Å². The summed E-state index contributed by atoms with van der Waals surface area (Å²) in [7, 11) is 0. The lowest BCUT2D eigenvalue weighted by molar-refractivity contribution is -0.113. The first-order valence-electron chi connectivity index (χ1n) is 11.2. The smallest absolute Gasteiger partial charge is 0.251 e. The van der Waals surface area contributed by atoms with Gasteiger partial charge in [0, 0.05) is 51.3 Å². The molecular formula is C23H25FN6O3S. The van der Waals surface area contributed by atoms with Gasteiger partial charge in [-0.15, -0.1) is 5.10 Å². The molecule has 0 radical (unpaired) electrons. The van der Waals surface area contributed by atoms with Gasteiger partial charge in [0.05, 0.1) is 28.8 Å². The first-order valence-corrected chi connectivity index (χ1v) is 12.1. The first kappa shape index (κ1) is 22.9. The van der Waals surface area contributed by atoms with E-state index in [0.29, 0.717) is 61.9 Å². The van der Waals surface area contributed by atoms with Crippen LogP contribution in [0.3, 0.4) is 0 Å². The maximum Gasteiger partial charge on any atom is 0.251 e. The summed E-state index contributed by atoms with van der Waals surface area (Å²) >= 11 is 1.37. The van der Waals surface area contributed by atoms with E-state index >= 15 is 0 Å². The highest BCUT2D eigenvalue weighted by Crippen LogP contribution is 2.28. The van der Waals surface area contributed by atoms with Crippen LogP contribution in [0.15, 0.2) is 46.2 Å². The molecule has 1 aromatic carbocycles. The van der Waals surface area contributed by atoms with Crippen molar-refractivity contribution in [3.05, 3.63) is 58.3 Å². The van der Waals surface area contributed by atoms with Gasteiger partial charge in [0.25, 0.3) is 5.56 Å². The number of thioether (sulfide) groups is 1. The molecule has 2 aromatic heterocycles. The Kier molecular flexibility index (Phi) is 6.59. The molecule has 34 heavy (non-hydrogen) atoms. The number of hydrogen-bond acceptors (Lipinski definition) is 8. The molecule has 5 rings (SSSR count). The van der Waals surface area contributed by atoms with Gasteiger partial charge in [-0.2, -0.15) is 5.10 Å². The highest BCUT2D eigenvalue weighted by atomic mass is 32.2. The number of fused-ring (bicyclic) bond motifs is 2.